The van der Waals surface area contributed by atoms with Gasteiger partial charge in [-0.25, -0.2) is 0 Å². The first kappa shape index (κ1) is 15.1. The van der Waals surface area contributed by atoms with Crippen molar-refractivity contribution < 1.29 is 19.9 Å². The van der Waals surface area contributed by atoms with Gasteiger partial charge in [0.1, 0.15) is 12.6 Å². The number of nitrogens with zero attached hydrogens (tertiary/aromatic N) is 2. The third-order valence-corrected chi connectivity index (χ3v) is 3.76. The summed E-state index contributed by atoms with van der Waals surface area (Å²) < 4.78 is 5.92. The number of hydrogen-bond acceptors (Lipinski definition) is 5. The van der Waals surface area contributed by atoms with Crippen molar-refractivity contribution in [3.8, 4) is 0 Å². The lowest BCUT2D eigenvalue weighted by Crippen LogP contribution is -2.82. The van der Waals surface area contributed by atoms with Gasteiger partial charge in [0.05, 0.1) is 9.85 Å². The van der Waals surface area contributed by atoms with E-state index in [0.29, 0.717) is 6.54 Å². The number of non-ortho nitro benzene ring substituents is 2. The Labute approximate surface area is 131 Å². The quantitative estimate of drug-likeness (QED) is 0.683. The Bertz CT molecular complexity index is 747. The zero-order valence-corrected chi connectivity index (χ0v) is 12.0. The molecule has 118 valence electrons. The van der Waals surface area contributed by atoms with E-state index in [4.69, 9.17) is 4.74 Å². The molecule has 0 radical (unpaired) electrons. The summed E-state index contributed by atoms with van der Waals surface area (Å²) in [4.78, 5) is 20.6. The van der Waals surface area contributed by atoms with E-state index in [1.54, 1.807) is 24.3 Å². The lowest BCUT2D eigenvalue weighted by Gasteiger charge is -2.09. The van der Waals surface area contributed by atoms with Crippen molar-refractivity contribution in [1.29, 1.82) is 0 Å². The van der Waals surface area contributed by atoms with Crippen LogP contribution >= 0.6 is 0 Å². The fraction of sp³-hybridized carbons (Fsp3) is 0.200. The topological polar surface area (TPSA) is 112 Å². The highest BCUT2D eigenvalue weighted by Crippen LogP contribution is 2.28. The van der Waals surface area contributed by atoms with Gasteiger partial charge in [-0.2, -0.15) is 0 Å². The van der Waals surface area contributed by atoms with Gasteiger partial charge in [-0.3, -0.25) is 20.2 Å². The smallest absolute Gasteiger partial charge is 0.270 e. The molecule has 1 saturated heterocycles. The third-order valence-electron chi connectivity index (χ3n) is 3.76. The molecule has 2 aromatic rings. The zero-order valence-electron chi connectivity index (χ0n) is 12.0. The van der Waals surface area contributed by atoms with Crippen LogP contribution in [0.4, 0.5) is 11.4 Å². The van der Waals surface area contributed by atoms with Gasteiger partial charge < -0.3 is 10.1 Å². The number of ether oxygens (including phenoxy) is 1. The molecule has 1 fully saturated rings. The predicted octanol–water partition coefficient (Wildman–Crippen LogP) is 1.84. The van der Waals surface area contributed by atoms with Crippen LogP contribution < -0.4 is 5.32 Å². The molecule has 1 aliphatic heterocycles. The van der Waals surface area contributed by atoms with E-state index < -0.39 is 9.85 Å². The summed E-state index contributed by atoms with van der Waals surface area (Å²) in [6.45, 7) is 0.644. The largest absolute Gasteiger partial charge is 0.315 e. The molecule has 0 bridgehead atoms. The van der Waals surface area contributed by atoms with Crippen LogP contribution in [0.1, 0.15) is 23.5 Å². The zero-order chi connectivity index (χ0) is 16.4. The lowest BCUT2D eigenvalue weighted by molar-refractivity contribution is -0.698. The summed E-state index contributed by atoms with van der Waals surface area (Å²) in [6.07, 6.45) is -0.532. The number of hydrogen-bond donors (Lipinski definition) is 1. The molecule has 1 heterocycles. The van der Waals surface area contributed by atoms with Crippen molar-refractivity contribution in [2.75, 3.05) is 6.54 Å². The van der Waals surface area contributed by atoms with Crippen molar-refractivity contribution >= 4 is 11.4 Å². The van der Waals surface area contributed by atoms with E-state index >= 15 is 0 Å². The maximum Gasteiger partial charge on any atom is 0.270 e. The van der Waals surface area contributed by atoms with Crippen LogP contribution in [0, 0.1) is 20.2 Å². The molecular formula is C15H14N3O5+. The molecule has 2 aromatic carbocycles. The van der Waals surface area contributed by atoms with Gasteiger partial charge in [0.25, 0.3) is 11.4 Å². The summed E-state index contributed by atoms with van der Waals surface area (Å²) in [7, 11) is 0. The molecule has 8 heteroatoms. The number of nitro benzene ring substituents is 2. The number of quaternary nitrogens is 1. The Morgan fingerprint density at radius 2 is 1.65 bits per heavy atom. The van der Waals surface area contributed by atoms with E-state index in [2.05, 4.69) is 0 Å². The molecule has 0 aromatic heterocycles. The molecule has 23 heavy (non-hydrogen) atoms. The normalized spacial score (nSPS) is 20.3. The van der Waals surface area contributed by atoms with Crippen molar-refractivity contribution in [3.63, 3.8) is 0 Å². The molecule has 3 rings (SSSR count). The molecule has 0 amide bonds. The summed E-state index contributed by atoms with van der Waals surface area (Å²) in [5.74, 6) is 0. The summed E-state index contributed by atoms with van der Waals surface area (Å²) in [6, 6.07) is 12.6. The van der Waals surface area contributed by atoms with E-state index in [9.17, 15) is 20.2 Å². The van der Waals surface area contributed by atoms with E-state index in [-0.39, 0.29) is 23.7 Å². The second kappa shape index (κ2) is 6.11. The van der Waals surface area contributed by atoms with Gasteiger partial charge in [0.15, 0.2) is 0 Å². The number of benzene rings is 2. The summed E-state index contributed by atoms with van der Waals surface area (Å²) >= 11 is 0. The van der Waals surface area contributed by atoms with Crippen molar-refractivity contribution in [1.82, 2.24) is 0 Å². The Balaban J connectivity index is 1.74. The summed E-state index contributed by atoms with van der Waals surface area (Å²) in [5.41, 5.74) is 1.63. The van der Waals surface area contributed by atoms with Crippen LogP contribution in [-0.4, -0.2) is 16.4 Å². The van der Waals surface area contributed by atoms with Crippen LogP contribution in [-0.2, 0) is 4.74 Å². The van der Waals surface area contributed by atoms with Gasteiger partial charge >= 0.3 is 0 Å². The standard InChI is InChI=1S/C15H13N3O5/c19-17(20)12-6-4-10(5-7-12)14-9-16-15(23-14)11-2-1-3-13(8-11)18(21)22/h1-8,14-16H,9H2/p+1/t14-,15+/m0/s1. The van der Waals surface area contributed by atoms with Gasteiger partial charge in [-0.15, -0.1) is 0 Å². The minimum Gasteiger partial charge on any atom is -0.315 e. The second-order valence-corrected chi connectivity index (χ2v) is 5.22. The Morgan fingerprint density at radius 1 is 0.957 bits per heavy atom. The van der Waals surface area contributed by atoms with Crippen molar-refractivity contribution in [3.05, 3.63) is 79.9 Å². The first-order valence-electron chi connectivity index (χ1n) is 7.02. The Morgan fingerprint density at radius 3 is 2.30 bits per heavy atom. The maximum absolute atomic E-state index is 10.8. The first-order chi connectivity index (χ1) is 11.0. The van der Waals surface area contributed by atoms with E-state index in [0.717, 1.165) is 11.1 Å². The highest BCUT2D eigenvalue weighted by molar-refractivity contribution is 5.36. The molecule has 0 aliphatic carbocycles. The van der Waals surface area contributed by atoms with Crippen LogP contribution in [0.3, 0.4) is 0 Å². The molecule has 0 spiro atoms. The summed E-state index contributed by atoms with van der Waals surface area (Å²) in [5, 5.41) is 23.5. The number of nitrogens with two attached hydrogens (primary N) is 1. The minimum atomic E-state index is -0.447. The van der Waals surface area contributed by atoms with Crippen LogP contribution in [0.25, 0.3) is 0 Å². The SMILES string of the molecule is O=[N+]([O-])c1ccc([C@@H]2C[NH2+][C@@H](c3cccc([N+](=O)[O-])c3)O2)cc1. The molecule has 2 atom stereocenters. The monoisotopic (exact) mass is 316 g/mol. The fourth-order valence-electron chi connectivity index (χ4n) is 2.59. The molecule has 2 N–H and O–H groups in total. The Kier molecular flexibility index (Phi) is 4.00. The van der Waals surface area contributed by atoms with E-state index in [1.165, 1.54) is 24.3 Å². The molecule has 1 aliphatic rings. The predicted molar refractivity (Wildman–Crippen MR) is 79.6 cm³/mol. The highest BCUT2D eigenvalue weighted by atomic mass is 16.6. The van der Waals surface area contributed by atoms with Gasteiger partial charge in [0, 0.05) is 29.8 Å². The molecule has 0 unspecified atom stereocenters. The third kappa shape index (κ3) is 3.17. The van der Waals surface area contributed by atoms with Gasteiger partial charge in [0.2, 0.25) is 6.23 Å². The number of nitro groups is 2. The fourth-order valence-corrected chi connectivity index (χ4v) is 2.59. The molecule has 8 nitrogen and oxygen atoms in total. The van der Waals surface area contributed by atoms with Crippen LogP contribution in [0.5, 0.6) is 0 Å². The average Bonchev–Trinajstić information content (AvgIpc) is 3.05. The molecular weight excluding hydrogens is 302 g/mol. The van der Waals surface area contributed by atoms with Crippen molar-refractivity contribution in [2.45, 2.75) is 12.3 Å². The Hall–Kier alpha value is -2.84. The van der Waals surface area contributed by atoms with Gasteiger partial charge in [-0.1, -0.05) is 6.07 Å². The minimum absolute atomic E-state index is 0.0262. The number of rotatable bonds is 4. The van der Waals surface area contributed by atoms with Gasteiger partial charge in [-0.05, 0) is 23.8 Å². The van der Waals surface area contributed by atoms with E-state index in [1.807, 2.05) is 5.32 Å². The average molecular weight is 316 g/mol. The maximum atomic E-state index is 10.8. The van der Waals surface area contributed by atoms with Crippen LogP contribution in [0.2, 0.25) is 0 Å². The van der Waals surface area contributed by atoms with Crippen molar-refractivity contribution in [2.24, 2.45) is 0 Å². The second-order valence-electron chi connectivity index (χ2n) is 5.22. The lowest BCUT2D eigenvalue weighted by atomic mass is 10.1. The first-order valence-corrected chi connectivity index (χ1v) is 7.02. The van der Waals surface area contributed by atoms with Crippen LogP contribution in [0.15, 0.2) is 48.5 Å². The molecule has 0 saturated carbocycles. The highest BCUT2D eigenvalue weighted by Gasteiger charge is 2.32.